The SMILES string of the molecule is N=C(/C=C\C(=N)c1ccc2c(c1)C1(CCCCC1)c1ccccc1S2)c1ccccc1. The first-order valence-electron chi connectivity index (χ1n) is 11.0. The van der Waals surface area contributed by atoms with Crippen molar-refractivity contribution >= 4 is 23.2 Å². The van der Waals surface area contributed by atoms with Gasteiger partial charge in [0.2, 0.25) is 0 Å². The largest absolute Gasteiger partial charge is 0.300 e. The van der Waals surface area contributed by atoms with Crippen LogP contribution in [0.3, 0.4) is 0 Å². The number of hydrogen-bond acceptors (Lipinski definition) is 3. The molecule has 1 aliphatic heterocycles. The van der Waals surface area contributed by atoms with Crippen molar-refractivity contribution in [2.45, 2.75) is 47.3 Å². The number of allylic oxidation sites excluding steroid dienone is 2. The van der Waals surface area contributed by atoms with Gasteiger partial charge < -0.3 is 10.8 Å². The number of fused-ring (bicyclic) bond motifs is 4. The number of rotatable bonds is 4. The Labute approximate surface area is 188 Å². The maximum absolute atomic E-state index is 8.66. The van der Waals surface area contributed by atoms with Crippen LogP contribution in [0.1, 0.15) is 54.4 Å². The molecule has 0 unspecified atom stereocenters. The van der Waals surface area contributed by atoms with E-state index in [2.05, 4.69) is 42.5 Å². The molecule has 31 heavy (non-hydrogen) atoms. The van der Waals surface area contributed by atoms with Crippen molar-refractivity contribution in [2.75, 3.05) is 0 Å². The maximum Gasteiger partial charge on any atom is 0.0613 e. The highest BCUT2D eigenvalue weighted by Gasteiger charge is 2.41. The quantitative estimate of drug-likeness (QED) is 0.423. The van der Waals surface area contributed by atoms with Crippen LogP contribution in [0.25, 0.3) is 0 Å². The maximum atomic E-state index is 8.66. The third-order valence-electron chi connectivity index (χ3n) is 6.64. The molecule has 2 aliphatic rings. The van der Waals surface area contributed by atoms with Crippen LogP contribution in [0.5, 0.6) is 0 Å². The van der Waals surface area contributed by atoms with Crippen molar-refractivity contribution in [1.82, 2.24) is 0 Å². The second-order valence-electron chi connectivity index (χ2n) is 8.48. The molecule has 3 aromatic rings. The van der Waals surface area contributed by atoms with Gasteiger partial charge in [0.25, 0.3) is 0 Å². The molecule has 2 nitrogen and oxygen atoms in total. The van der Waals surface area contributed by atoms with Crippen molar-refractivity contribution in [3.8, 4) is 0 Å². The first-order valence-corrected chi connectivity index (χ1v) is 11.8. The molecule has 0 bridgehead atoms. The average molecular weight is 423 g/mol. The lowest BCUT2D eigenvalue weighted by molar-refractivity contribution is 0.335. The molecule has 3 heteroatoms. The fourth-order valence-electron chi connectivity index (χ4n) is 5.05. The minimum Gasteiger partial charge on any atom is -0.300 e. The molecule has 2 N–H and O–H groups in total. The van der Waals surface area contributed by atoms with Crippen LogP contribution in [-0.4, -0.2) is 11.4 Å². The molecule has 0 radical (unpaired) electrons. The van der Waals surface area contributed by atoms with Gasteiger partial charge in [0.1, 0.15) is 0 Å². The van der Waals surface area contributed by atoms with Gasteiger partial charge in [-0.2, -0.15) is 0 Å². The molecule has 0 aromatic heterocycles. The van der Waals surface area contributed by atoms with Crippen molar-refractivity contribution in [1.29, 1.82) is 10.8 Å². The van der Waals surface area contributed by atoms with Crippen LogP contribution in [-0.2, 0) is 5.41 Å². The second kappa shape index (κ2) is 8.32. The van der Waals surface area contributed by atoms with Crippen LogP contribution < -0.4 is 0 Å². The Balaban J connectivity index is 1.49. The van der Waals surface area contributed by atoms with Gasteiger partial charge in [0.05, 0.1) is 11.4 Å². The van der Waals surface area contributed by atoms with E-state index in [1.807, 2.05) is 42.1 Å². The van der Waals surface area contributed by atoms with Gasteiger partial charge in [-0.15, -0.1) is 0 Å². The van der Waals surface area contributed by atoms with Crippen LogP contribution in [0, 0.1) is 10.8 Å². The van der Waals surface area contributed by atoms with Crippen LogP contribution >= 0.6 is 11.8 Å². The average Bonchev–Trinajstić information content (AvgIpc) is 2.83. The molecule has 1 aliphatic carbocycles. The molecular weight excluding hydrogens is 396 g/mol. The Morgan fingerprint density at radius 2 is 1.32 bits per heavy atom. The van der Waals surface area contributed by atoms with E-state index in [9.17, 15) is 0 Å². The molecule has 0 amide bonds. The van der Waals surface area contributed by atoms with E-state index in [1.54, 1.807) is 12.2 Å². The van der Waals surface area contributed by atoms with Crippen LogP contribution in [0.4, 0.5) is 0 Å². The third kappa shape index (κ3) is 3.68. The van der Waals surface area contributed by atoms with Crippen LogP contribution in [0.15, 0.2) is 94.7 Å². The summed E-state index contributed by atoms with van der Waals surface area (Å²) in [5.74, 6) is 0. The molecule has 3 aromatic carbocycles. The third-order valence-corrected chi connectivity index (χ3v) is 7.79. The number of nitrogens with one attached hydrogen (secondary N) is 2. The summed E-state index contributed by atoms with van der Waals surface area (Å²) in [5, 5.41) is 16.9. The molecule has 1 heterocycles. The van der Waals surface area contributed by atoms with Gasteiger partial charge in [0, 0.05) is 15.2 Å². The summed E-state index contributed by atoms with van der Waals surface area (Å²) in [4.78, 5) is 2.72. The molecule has 0 atom stereocenters. The molecule has 5 rings (SSSR count). The van der Waals surface area contributed by atoms with Crippen molar-refractivity contribution < 1.29 is 0 Å². The van der Waals surface area contributed by atoms with E-state index in [0.717, 1.165) is 11.1 Å². The monoisotopic (exact) mass is 422 g/mol. The van der Waals surface area contributed by atoms with Gasteiger partial charge in [-0.3, -0.25) is 0 Å². The van der Waals surface area contributed by atoms with Crippen molar-refractivity contribution in [2.24, 2.45) is 0 Å². The van der Waals surface area contributed by atoms with E-state index in [4.69, 9.17) is 10.8 Å². The zero-order chi connectivity index (χ0) is 21.3. The highest BCUT2D eigenvalue weighted by molar-refractivity contribution is 7.99. The Hall–Kier alpha value is -2.91. The summed E-state index contributed by atoms with van der Waals surface area (Å²) in [7, 11) is 0. The Morgan fingerprint density at radius 1 is 0.677 bits per heavy atom. The minimum atomic E-state index is 0.0756. The Morgan fingerprint density at radius 3 is 2.10 bits per heavy atom. The normalized spacial score (nSPS) is 16.6. The summed E-state index contributed by atoms with van der Waals surface area (Å²) >= 11 is 1.86. The second-order valence-corrected chi connectivity index (χ2v) is 9.56. The Bertz CT molecular complexity index is 1170. The Kier molecular flexibility index (Phi) is 5.37. The minimum absolute atomic E-state index is 0.0756. The van der Waals surface area contributed by atoms with Crippen molar-refractivity contribution in [3.63, 3.8) is 0 Å². The standard InChI is InChI=1S/C28H26N2S/c29-24(20-9-3-1-4-10-20)14-15-25(30)21-13-16-27-23(19-21)28(17-7-2-8-18-28)22-11-5-6-12-26(22)31-27/h1,3-6,9-16,19,29-30H,2,7-8,17-18H2/b15-14-,29-24?,30-25?. The van der Waals surface area contributed by atoms with Gasteiger partial charge in [-0.05, 0) is 65.4 Å². The summed E-state index contributed by atoms with van der Waals surface area (Å²) in [6, 6.07) is 25.1. The fraction of sp³-hybridized carbons (Fsp3) is 0.214. The van der Waals surface area contributed by atoms with Gasteiger partial charge in [-0.25, -0.2) is 0 Å². The molecule has 1 saturated carbocycles. The van der Waals surface area contributed by atoms with E-state index in [1.165, 1.54) is 53.0 Å². The molecule has 0 saturated heterocycles. The molecular formula is C28H26N2S. The van der Waals surface area contributed by atoms with E-state index < -0.39 is 0 Å². The van der Waals surface area contributed by atoms with Crippen LogP contribution in [0.2, 0.25) is 0 Å². The van der Waals surface area contributed by atoms with Gasteiger partial charge >= 0.3 is 0 Å². The molecule has 1 fully saturated rings. The lowest BCUT2D eigenvalue weighted by Gasteiger charge is -2.43. The van der Waals surface area contributed by atoms with Gasteiger partial charge in [-0.1, -0.05) is 85.6 Å². The summed E-state index contributed by atoms with van der Waals surface area (Å²) in [6.07, 6.45) is 9.69. The summed E-state index contributed by atoms with van der Waals surface area (Å²) in [5.41, 5.74) is 5.62. The lowest BCUT2D eigenvalue weighted by atomic mass is 9.65. The predicted molar refractivity (Wildman–Crippen MR) is 130 cm³/mol. The zero-order valence-electron chi connectivity index (χ0n) is 17.5. The predicted octanol–water partition coefficient (Wildman–Crippen LogP) is 7.39. The highest BCUT2D eigenvalue weighted by atomic mass is 32.2. The first-order chi connectivity index (χ1) is 15.2. The summed E-state index contributed by atoms with van der Waals surface area (Å²) < 4.78 is 0. The number of benzene rings is 3. The number of hydrogen-bond donors (Lipinski definition) is 2. The summed E-state index contributed by atoms with van der Waals surface area (Å²) in [6.45, 7) is 0. The zero-order valence-corrected chi connectivity index (χ0v) is 18.3. The van der Waals surface area contributed by atoms with Gasteiger partial charge in [0.15, 0.2) is 0 Å². The fourth-order valence-corrected chi connectivity index (χ4v) is 6.30. The van der Waals surface area contributed by atoms with E-state index in [0.29, 0.717) is 11.4 Å². The smallest absolute Gasteiger partial charge is 0.0613 e. The molecule has 154 valence electrons. The van der Waals surface area contributed by atoms with E-state index in [-0.39, 0.29) is 5.41 Å². The topological polar surface area (TPSA) is 47.7 Å². The highest BCUT2D eigenvalue weighted by Crippen LogP contribution is 2.55. The van der Waals surface area contributed by atoms with E-state index >= 15 is 0 Å². The first kappa shape index (κ1) is 20.0. The molecule has 1 spiro atoms. The van der Waals surface area contributed by atoms with Crippen molar-refractivity contribution in [3.05, 3.63) is 107 Å². The lowest BCUT2D eigenvalue weighted by Crippen LogP contribution is -2.33.